The molecule has 0 saturated carbocycles. The summed E-state index contributed by atoms with van der Waals surface area (Å²) < 4.78 is 15.5. The molecule has 134 valence electrons. The number of rotatable bonds is 4. The average molecular weight is 380 g/mol. The van der Waals surface area contributed by atoms with Crippen molar-refractivity contribution >= 4 is 34.1 Å². The standard InChI is InChI=1S/C21H15ClFN3O/c22-20-17(8-4-10-24-20)25-21(27)19-12-15-6-1-2-9-18(15)26(19)13-14-5-3-7-16(23)11-14/h1-12H,13H2,(H,25,27). The van der Waals surface area contributed by atoms with Crippen LogP contribution in [0.1, 0.15) is 16.1 Å². The van der Waals surface area contributed by atoms with E-state index in [1.54, 1.807) is 24.4 Å². The van der Waals surface area contributed by atoms with E-state index in [2.05, 4.69) is 10.3 Å². The predicted octanol–water partition coefficient (Wildman–Crippen LogP) is 5.13. The molecule has 0 aliphatic rings. The number of nitrogens with zero attached hydrogens (tertiary/aromatic N) is 2. The Balaban J connectivity index is 1.75. The smallest absolute Gasteiger partial charge is 0.272 e. The minimum Gasteiger partial charge on any atom is -0.332 e. The van der Waals surface area contributed by atoms with E-state index >= 15 is 0 Å². The number of halogens is 2. The van der Waals surface area contributed by atoms with Crippen molar-refractivity contribution in [2.75, 3.05) is 5.32 Å². The van der Waals surface area contributed by atoms with Crippen molar-refractivity contribution in [2.24, 2.45) is 0 Å². The maximum absolute atomic E-state index is 13.6. The van der Waals surface area contributed by atoms with Crippen LogP contribution >= 0.6 is 11.6 Å². The second-order valence-corrected chi connectivity index (χ2v) is 6.46. The van der Waals surface area contributed by atoms with Gasteiger partial charge in [0, 0.05) is 23.6 Å². The molecule has 1 amide bonds. The van der Waals surface area contributed by atoms with E-state index in [4.69, 9.17) is 11.6 Å². The third-order valence-electron chi connectivity index (χ3n) is 4.28. The van der Waals surface area contributed by atoms with Gasteiger partial charge in [0.1, 0.15) is 11.5 Å². The molecule has 4 rings (SSSR count). The molecule has 0 bridgehead atoms. The van der Waals surface area contributed by atoms with Gasteiger partial charge in [-0.1, -0.05) is 41.9 Å². The van der Waals surface area contributed by atoms with Crippen LogP contribution in [0.25, 0.3) is 10.9 Å². The van der Waals surface area contributed by atoms with Crippen molar-refractivity contribution in [1.82, 2.24) is 9.55 Å². The fourth-order valence-corrected chi connectivity index (χ4v) is 3.22. The fraction of sp³-hybridized carbons (Fsp3) is 0.0476. The Bertz CT molecular complexity index is 1140. The first kappa shape index (κ1) is 17.2. The summed E-state index contributed by atoms with van der Waals surface area (Å²) in [6.45, 7) is 0.370. The first-order chi connectivity index (χ1) is 13.1. The number of hydrogen-bond acceptors (Lipinski definition) is 2. The zero-order valence-electron chi connectivity index (χ0n) is 14.2. The van der Waals surface area contributed by atoms with Crippen LogP contribution in [-0.2, 0) is 6.54 Å². The lowest BCUT2D eigenvalue weighted by Crippen LogP contribution is -2.18. The molecule has 0 radical (unpaired) electrons. The second kappa shape index (κ2) is 7.21. The van der Waals surface area contributed by atoms with Crippen molar-refractivity contribution in [3.05, 3.63) is 95.2 Å². The van der Waals surface area contributed by atoms with Gasteiger partial charge in [-0.25, -0.2) is 9.37 Å². The Morgan fingerprint density at radius 1 is 1.07 bits per heavy atom. The van der Waals surface area contributed by atoms with Crippen molar-refractivity contribution in [2.45, 2.75) is 6.54 Å². The van der Waals surface area contributed by atoms with E-state index in [1.165, 1.54) is 12.1 Å². The average Bonchev–Trinajstić information content (AvgIpc) is 3.02. The van der Waals surface area contributed by atoms with Crippen molar-refractivity contribution < 1.29 is 9.18 Å². The molecule has 2 aromatic heterocycles. The summed E-state index contributed by atoms with van der Waals surface area (Å²) in [5, 5.41) is 3.94. The number of para-hydroxylation sites is 1. The molecule has 0 spiro atoms. The third kappa shape index (κ3) is 3.55. The van der Waals surface area contributed by atoms with Crippen LogP contribution in [0, 0.1) is 5.82 Å². The zero-order valence-corrected chi connectivity index (χ0v) is 14.9. The van der Waals surface area contributed by atoms with Crippen molar-refractivity contribution in [3.8, 4) is 0 Å². The Hall–Kier alpha value is -3.18. The molecule has 2 heterocycles. The maximum atomic E-state index is 13.6. The molecule has 27 heavy (non-hydrogen) atoms. The molecule has 0 aliphatic carbocycles. The van der Waals surface area contributed by atoms with E-state index < -0.39 is 0 Å². The van der Waals surface area contributed by atoms with Gasteiger partial charge in [0.15, 0.2) is 5.15 Å². The zero-order chi connectivity index (χ0) is 18.8. The molecular weight excluding hydrogens is 365 g/mol. The molecule has 2 aromatic carbocycles. The van der Waals surface area contributed by atoms with Gasteiger partial charge in [-0.3, -0.25) is 4.79 Å². The molecule has 0 saturated heterocycles. The number of hydrogen-bond donors (Lipinski definition) is 1. The number of carbonyl (C=O) groups excluding carboxylic acids is 1. The summed E-state index contributed by atoms with van der Waals surface area (Å²) in [5.74, 6) is -0.616. The molecule has 0 unspecified atom stereocenters. The fourth-order valence-electron chi connectivity index (χ4n) is 3.05. The first-order valence-corrected chi connectivity index (χ1v) is 8.74. The monoisotopic (exact) mass is 379 g/mol. The second-order valence-electron chi connectivity index (χ2n) is 6.10. The first-order valence-electron chi connectivity index (χ1n) is 8.36. The van der Waals surface area contributed by atoms with E-state index in [0.29, 0.717) is 17.9 Å². The van der Waals surface area contributed by atoms with Gasteiger partial charge in [-0.05, 0) is 42.0 Å². The van der Waals surface area contributed by atoms with Crippen LogP contribution in [0.5, 0.6) is 0 Å². The maximum Gasteiger partial charge on any atom is 0.272 e. The lowest BCUT2D eigenvalue weighted by atomic mass is 10.2. The summed E-state index contributed by atoms with van der Waals surface area (Å²) in [5.41, 5.74) is 2.56. The van der Waals surface area contributed by atoms with Gasteiger partial charge in [-0.2, -0.15) is 0 Å². The number of pyridine rings is 1. The largest absolute Gasteiger partial charge is 0.332 e. The molecule has 6 heteroatoms. The van der Waals surface area contributed by atoms with E-state index in [1.807, 2.05) is 41.0 Å². The minimum absolute atomic E-state index is 0.221. The summed E-state index contributed by atoms with van der Waals surface area (Å²) in [6, 6.07) is 19.2. The van der Waals surface area contributed by atoms with Gasteiger partial charge in [-0.15, -0.1) is 0 Å². The highest BCUT2D eigenvalue weighted by Gasteiger charge is 2.17. The van der Waals surface area contributed by atoms with Crippen molar-refractivity contribution in [3.63, 3.8) is 0 Å². The molecule has 4 nitrogen and oxygen atoms in total. The number of anilines is 1. The SMILES string of the molecule is O=C(Nc1cccnc1Cl)c1cc2ccccc2n1Cc1cccc(F)c1. The number of nitrogens with one attached hydrogen (secondary N) is 1. The van der Waals surface area contributed by atoms with Crippen LogP contribution in [-0.4, -0.2) is 15.5 Å². The topological polar surface area (TPSA) is 46.9 Å². The summed E-state index contributed by atoms with van der Waals surface area (Å²) in [4.78, 5) is 16.9. The molecule has 0 atom stereocenters. The number of carbonyl (C=O) groups is 1. The predicted molar refractivity (Wildman–Crippen MR) is 105 cm³/mol. The van der Waals surface area contributed by atoms with Crippen molar-refractivity contribution in [1.29, 1.82) is 0 Å². The Morgan fingerprint density at radius 2 is 1.93 bits per heavy atom. The van der Waals surface area contributed by atoms with Crippen LogP contribution in [0.3, 0.4) is 0 Å². The minimum atomic E-state index is -0.308. The molecule has 0 fully saturated rings. The normalized spacial score (nSPS) is 10.9. The van der Waals surface area contributed by atoms with E-state index in [-0.39, 0.29) is 16.9 Å². The van der Waals surface area contributed by atoms with Crippen LogP contribution in [0.2, 0.25) is 5.15 Å². The van der Waals surface area contributed by atoms with E-state index in [0.717, 1.165) is 16.5 Å². The third-order valence-corrected chi connectivity index (χ3v) is 4.58. The summed E-state index contributed by atoms with van der Waals surface area (Å²) in [6.07, 6.45) is 1.55. The quantitative estimate of drug-likeness (QED) is 0.500. The Kier molecular flexibility index (Phi) is 4.60. The van der Waals surface area contributed by atoms with Gasteiger partial charge in [0.25, 0.3) is 5.91 Å². The number of benzene rings is 2. The Morgan fingerprint density at radius 3 is 2.74 bits per heavy atom. The highest BCUT2D eigenvalue weighted by atomic mass is 35.5. The molecular formula is C21H15ClFN3O. The Labute approximate surface area is 160 Å². The van der Waals surface area contributed by atoms with Gasteiger partial charge < -0.3 is 9.88 Å². The highest BCUT2D eigenvalue weighted by Crippen LogP contribution is 2.24. The molecule has 4 aromatic rings. The van der Waals surface area contributed by atoms with Gasteiger partial charge in [0.2, 0.25) is 0 Å². The van der Waals surface area contributed by atoms with Crippen LogP contribution < -0.4 is 5.32 Å². The van der Waals surface area contributed by atoms with E-state index in [9.17, 15) is 9.18 Å². The number of aromatic nitrogens is 2. The number of fused-ring (bicyclic) bond motifs is 1. The van der Waals surface area contributed by atoms with Crippen LogP contribution in [0.4, 0.5) is 10.1 Å². The summed E-state index contributed by atoms with van der Waals surface area (Å²) in [7, 11) is 0. The van der Waals surface area contributed by atoms with Gasteiger partial charge in [0.05, 0.1) is 5.69 Å². The lowest BCUT2D eigenvalue weighted by Gasteiger charge is -2.12. The summed E-state index contributed by atoms with van der Waals surface area (Å²) >= 11 is 6.05. The molecule has 1 N–H and O–H groups in total. The molecule has 0 aliphatic heterocycles. The number of amides is 1. The highest BCUT2D eigenvalue weighted by molar-refractivity contribution is 6.32. The van der Waals surface area contributed by atoms with Gasteiger partial charge >= 0.3 is 0 Å². The lowest BCUT2D eigenvalue weighted by molar-refractivity contribution is 0.101. The van der Waals surface area contributed by atoms with Crippen LogP contribution in [0.15, 0.2) is 72.9 Å².